The van der Waals surface area contributed by atoms with E-state index in [4.69, 9.17) is 107 Å². The van der Waals surface area contributed by atoms with Crippen LogP contribution in [0.1, 0.15) is 0 Å². The molecular formula is C54H162O26Si27. The second-order valence-electron chi connectivity index (χ2n) is 39.5. The van der Waals surface area contributed by atoms with Crippen LogP contribution in [0.5, 0.6) is 0 Å². The van der Waals surface area contributed by atoms with Crippen LogP contribution in [0.4, 0.5) is 0 Å². The van der Waals surface area contributed by atoms with Crippen LogP contribution in [0.2, 0.25) is 354 Å². The average Bonchev–Trinajstić information content (AvgIpc) is 0.807. The maximum absolute atomic E-state index is 7.01. The molecule has 0 aromatic heterocycles. The first-order chi connectivity index (χ1) is 45.8. The van der Waals surface area contributed by atoms with Gasteiger partial charge in [0.15, 0.2) is 18.1 Å². The molecule has 0 aliphatic carbocycles. The standard InChI is InChI=1S/C54H162O26Si27/c1-81(2)55-83(5,6)57-85(9,10)59-87(13,14)61-89(17,18)63-91(21,22)65-93(25,26)67-95(29,30)69-97(33,34)71-99(37,38)73-101(41,42)75-103(45,46)77-105(49,50)79-107(53,54)80-106(51,52)78-104(47,48)76-102(43,44)74-100(39,40)72-98(35,36)70-96(31,32)68-94(27,28)66-92(23,24)64-90(19,20)62-88(15,16)60-86(11,12)58-84(7,8)56-82(3)4/h1-54H3. The molecule has 0 saturated heterocycles. The molecule has 0 rings (SSSR count). The quantitative estimate of drug-likeness (QED) is 0.0514. The van der Waals surface area contributed by atoms with Crippen molar-refractivity contribution in [2.45, 2.75) is 354 Å². The van der Waals surface area contributed by atoms with Gasteiger partial charge >= 0.3 is 214 Å². The third-order valence-electron chi connectivity index (χ3n) is 12.7. The highest BCUT2D eigenvalue weighted by atomic mass is 28.6. The fourth-order valence-electron chi connectivity index (χ4n) is 15.7. The van der Waals surface area contributed by atoms with Crippen molar-refractivity contribution in [2.75, 3.05) is 0 Å². The second-order valence-corrected chi connectivity index (χ2v) is 134. The van der Waals surface area contributed by atoms with Gasteiger partial charge in [0.1, 0.15) is 0 Å². The van der Waals surface area contributed by atoms with E-state index >= 15 is 0 Å². The van der Waals surface area contributed by atoms with Gasteiger partial charge in [0.2, 0.25) is 0 Å². The van der Waals surface area contributed by atoms with Crippen molar-refractivity contribution >= 4 is 232 Å². The van der Waals surface area contributed by atoms with Gasteiger partial charge in [-0.15, -0.1) is 0 Å². The molecule has 26 nitrogen and oxygen atoms in total. The summed E-state index contributed by atoms with van der Waals surface area (Å²) < 4.78 is 178. The minimum absolute atomic E-state index is 0.920. The van der Waals surface area contributed by atoms with Gasteiger partial charge in [-0.25, -0.2) is 0 Å². The zero-order valence-corrected chi connectivity index (χ0v) is 105. The Labute approximate surface area is 686 Å². The summed E-state index contributed by atoms with van der Waals surface area (Å²) in [7, 11) is -71.8. The Morgan fingerprint density at radius 3 is 0.187 bits per heavy atom. The van der Waals surface area contributed by atoms with Crippen molar-refractivity contribution in [2.24, 2.45) is 0 Å². The van der Waals surface area contributed by atoms with E-state index in [0.29, 0.717) is 0 Å². The van der Waals surface area contributed by atoms with Crippen molar-refractivity contribution in [1.29, 1.82) is 0 Å². The van der Waals surface area contributed by atoms with Crippen molar-refractivity contribution in [3.63, 3.8) is 0 Å². The minimum atomic E-state index is -2.91. The van der Waals surface area contributed by atoms with E-state index in [2.05, 4.69) is 354 Å². The molecule has 0 unspecified atom stereocenters. The Kier molecular flexibility index (Phi) is 40.0. The maximum Gasteiger partial charge on any atom is 0.314 e. The first kappa shape index (κ1) is 112. The summed E-state index contributed by atoms with van der Waals surface area (Å²) in [6.45, 7) is 112. The molecule has 0 aliphatic rings. The summed E-state index contributed by atoms with van der Waals surface area (Å²) in [6.07, 6.45) is 0. The molecule has 0 aromatic rings. The molecule has 107 heavy (non-hydrogen) atoms. The van der Waals surface area contributed by atoms with E-state index in [9.17, 15) is 0 Å². The molecule has 0 heterocycles. The van der Waals surface area contributed by atoms with Crippen molar-refractivity contribution in [3.05, 3.63) is 0 Å². The Hall–Kier alpha value is 4.82. The van der Waals surface area contributed by atoms with Crippen LogP contribution >= 0.6 is 0 Å². The molecule has 0 spiro atoms. The van der Waals surface area contributed by atoms with Gasteiger partial charge in [-0.05, 0) is 354 Å². The van der Waals surface area contributed by atoms with Crippen LogP contribution in [0.3, 0.4) is 0 Å². The molecule has 0 N–H and O–H groups in total. The van der Waals surface area contributed by atoms with Crippen LogP contribution in [0.25, 0.3) is 0 Å². The SMILES string of the molecule is C[Si](C)O[Si](C)(C)O[Si](C)(C)O[Si](C)(C)O[Si](C)(C)O[Si](C)(C)O[Si](C)(C)O[Si](C)(C)O[Si](C)(C)O[Si](C)(C)O[Si](C)(C)O[Si](C)(C)O[Si](C)(C)O[Si](C)(C)O[Si](C)(C)O[Si](C)(C)O[Si](C)(C)O[Si](C)(C)O[Si](C)(C)O[Si](C)(C)O[Si](C)(C)O[Si](C)(C)O[Si](C)(C)O[Si](C)(C)O[Si](C)(C)O[Si](C)(C)O[Si](C)C. The molecule has 0 saturated carbocycles. The summed E-state index contributed by atoms with van der Waals surface area (Å²) in [4.78, 5) is 0. The van der Waals surface area contributed by atoms with Crippen LogP contribution in [0.15, 0.2) is 0 Å². The topological polar surface area (TPSA) is 240 Å². The molecule has 0 aliphatic heterocycles. The Morgan fingerprint density at radius 1 is 0.0935 bits per heavy atom. The molecule has 0 bridgehead atoms. The number of hydrogen-bond acceptors (Lipinski definition) is 26. The fourth-order valence-corrected chi connectivity index (χ4v) is 151. The highest BCUT2D eigenvalue weighted by Gasteiger charge is 2.57. The molecule has 53 heteroatoms. The van der Waals surface area contributed by atoms with Crippen molar-refractivity contribution in [3.8, 4) is 0 Å². The lowest BCUT2D eigenvalue weighted by Gasteiger charge is -2.45. The molecular weight excluding hydrogens is 1820 g/mol. The first-order valence-electron chi connectivity index (χ1n) is 37.6. The smallest absolute Gasteiger partial charge is 0.314 e. The van der Waals surface area contributed by atoms with Gasteiger partial charge in [-0.1, -0.05) is 0 Å². The average molecular weight is 1990 g/mol. The third kappa shape index (κ3) is 52.0. The molecule has 2 radical (unpaired) electrons. The zero-order valence-electron chi connectivity index (χ0n) is 78.1. The van der Waals surface area contributed by atoms with E-state index in [1.807, 2.05) is 0 Å². The van der Waals surface area contributed by atoms with E-state index in [1.165, 1.54) is 0 Å². The van der Waals surface area contributed by atoms with Crippen LogP contribution < -0.4 is 0 Å². The normalized spacial score (nSPS) is 16.1. The predicted octanol–water partition coefficient (Wildman–Crippen LogP) is 19.5. The lowest BCUT2D eigenvalue weighted by Crippen LogP contribution is -2.63. The fraction of sp³-hybridized carbons (Fsp3) is 1.00. The van der Waals surface area contributed by atoms with Gasteiger partial charge in [0.25, 0.3) is 0 Å². The van der Waals surface area contributed by atoms with Crippen molar-refractivity contribution in [1.82, 2.24) is 0 Å². The van der Waals surface area contributed by atoms with E-state index in [1.54, 1.807) is 0 Å². The molecule has 0 fully saturated rings. The summed E-state index contributed by atoms with van der Waals surface area (Å²) in [5.74, 6) is 0. The molecule has 642 valence electrons. The Balaban J connectivity index is 5.92. The summed E-state index contributed by atoms with van der Waals surface area (Å²) in [5, 5.41) is 0. The Morgan fingerprint density at radius 2 is 0.140 bits per heavy atom. The monoisotopic (exact) mass is 1980 g/mol. The highest BCUT2D eigenvalue weighted by Crippen LogP contribution is 2.37. The summed E-state index contributed by atoms with van der Waals surface area (Å²) in [5.41, 5.74) is 0. The lowest BCUT2D eigenvalue weighted by molar-refractivity contribution is 0.245. The van der Waals surface area contributed by atoms with Crippen LogP contribution in [0, 0.1) is 0 Å². The van der Waals surface area contributed by atoms with Gasteiger partial charge < -0.3 is 107 Å². The van der Waals surface area contributed by atoms with Crippen molar-refractivity contribution < 1.29 is 107 Å². The number of rotatable bonds is 52. The lowest BCUT2D eigenvalue weighted by atomic mass is 11.9. The van der Waals surface area contributed by atoms with Gasteiger partial charge in [0.05, 0.1) is 0 Å². The van der Waals surface area contributed by atoms with E-state index in [0.717, 1.165) is 0 Å². The third-order valence-corrected chi connectivity index (χ3v) is 114. The van der Waals surface area contributed by atoms with Crippen LogP contribution in [-0.4, -0.2) is 232 Å². The zero-order chi connectivity index (χ0) is 86.0. The first-order valence-corrected chi connectivity index (χ1v) is 113. The Bertz CT molecular complexity index is 2600. The van der Waals surface area contributed by atoms with Gasteiger partial charge in [-0.3, -0.25) is 0 Å². The van der Waals surface area contributed by atoms with Gasteiger partial charge in [0, 0.05) is 0 Å². The minimum Gasteiger partial charge on any atom is -0.437 e. The maximum atomic E-state index is 7.01. The number of hydrogen-bond donors (Lipinski definition) is 0. The summed E-state index contributed by atoms with van der Waals surface area (Å²) >= 11 is 0. The predicted molar refractivity (Wildman–Crippen MR) is 500 cm³/mol. The van der Waals surface area contributed by atoms with E-state index < -0.39 is 232 Å². The van der Waals surface area contributed by atoms with E-state index in [-0.39, 0.29) is 0 Å². The molecule has 0 aromatic carbocycles. The van der Waals surface area contributed by atoms with Gasteiger partial charge in [-0.2, -0.15) is 0 Å². The second kappa shape index (κ2) is 38.3. The molecule has 0 atom stereocenters. The highest BCUT2D eigenvalue weighted by molar-refractivity contribution is 6.98. The summed E-state index contributed by atoms with van der Waals surface area (Å²) in [6, 6.07) is 0. The molecule has 0 amide bonds. The van der Waals surface area contributed by atoms with Crippen LogP contribution in [-0.2, 0) is 107 Å². The largest absolute Gasteiger partial charge is 0.437 e.